The summed E-state index contributed by atoms with van der Waals surface area (Å²) in [5, 5.41) is 9.95. The molecule has 7 nitrogen and oxygen atoms in total. The van der Waals surface area contributed by atoms with E-state index in [-0.39, 0.29) is 11.4 Å². The molecule has 7 heteroatoms. The maximum absolute atomic E-state index is 11.0. The van der Waals surface area contributed by atoms with Gasteiger partial charge in [0.25, 0.3) is 5.56 Å². The molecule has 0 spiro atoms. The Balaban J connectivity index is 2.19. The molecule has 0 aromatic carbocycles. The zero-order valence-electron chi connectivity index (χ0n) is 9.70. The summed E-state index contributed by atoms with van der Waals surface area (Å²) >= 11 is 0. The first-order valence-electron chi connectivity index (χ1n) is 5.48. The summed E-state index contributed by atoms with van der Waals surface area (Å²) < 4.78 is 5.18. The van der Waals surface area contributed by atoms with E-state index in [1.165, 1.54) is 12.1 Å². The van der Waals surface area contributed by atoms with Gasteiger partial charge < -0.3 is 10.3 Å². The third-order valence-electron chi connectivity index (χ3n) is 2.55. The number of hydrogen-bond acceptors (Lipinski definition) is 6. The molecular weight excluding hydrogens is 246 g/mol. The number of anilines is 1. The van der Waals surface area contributed by atoms with Crippen LogP contribution in [0.4, 0.5) is 5.82 Å². The van der Waals surface area contributed by atoms with Crippen molar-refractivity contribution in [3.8, 4) is 22.7 Å². The summed E-state index contributed by atoms with van der Waals surface area (Å²) in [6.07, 6.45) is 1.64. The van der Waals surface area contributed by atoms with Gasteiger partial charge in [-0.25, -0.2) is 5.10 Å². The highest BCUT2D eigenvalue weighted by atomic mass is 16.5. The van der Waals surface area contributed by atoms with Crippen molar-refractivity contribution in [2.45, 2.75) is 0 Å². The summed E-state index contributed by atoms with van der Waals surface area (Å²) in [5.74, 6) is 0.592. The van der Waals surface area contributed by atoms with Crippen LogP contribution in [0.25, 0.3) is 22.7 Å². The number of aromatic amines is 1. The van der Waals surface area contributed by atoms with Crippen LogP contribution in [0.1, 0.15) is 0 Å². The number of nitrogens with one attached hydrogen (secondary N) is 1. The van der Waals surface area contributed by atoms with Crippen LogP contribution in [-0.4, -0.2) is 20.3 Å². The van der Waals surface area contributed by atoms with Crippen molar-refractivity contribution < 1.29 is 4.52 Å². The van der Waals surface area contributed by atoms with Gasteiger partial charge in [0.2, 0.25) is 0 Å². The normalized spacial score (nSPS) is 10.5. The Kier molecular flexibility index (Phi) is 2.57. The van der Waals surface area contributed by atoms with Gasteiger partial charge in [-0.05, 0) is 18.2 Å². The first-order valence-corrected chi connectivity index (χ1v) is 5.48. The van der Waals surface area contributed by atoms with Crippen molar-refractivity contribution in [3.05, 3.63) is 46.9 Å². The first kappa shape index (κ1) is 11.1. The summed E-state index contributed by atoms with van der Waals surface area (Å²) in [4.78, 5) is 15.2. The predicted octanol–water partition coefficient (Wildman–Crippen LogP) is 1.07. The number of nitrogen functional groups attached to an aromatic ring is 1. The third kappa shape index (κ3) is 1.97. The number of rotatable bonds is 2. The van der Waals surface area contributed by atoms with E-state index in [1.54, 1.807) is 18.3 Å². The number of nitrogens with two attached hydrogens (primary N) is 1. The molecule has 0 aliphatic carbocycles. The van der Waals surface area contributed by atoms with E-state index in [0.717, 1.165) is 0 Å². The standard InChI is InChI=1S/C12H9N5O2/c13-12-10(7-3-1-2-6-14-7)11(19-17-12)8-4-5-9(18)16-15-8/h1-6H,(H2,13,17)(H,16,18). The topological polar surface area (TPSA) is 111 Å². The van der Waals surface area contributed by atoms with Gasteiger partial charge >= 0.3 is 0 Å². The average Bonchev–Trinajstić information content (AvgIpc) is 2.82. The van der Waals surface area contributed by atoms with E-state index >= 15 is 0 Å². The second-order valence-corrected chi connectivity index (χ2v) is 3.79. The summed E-state index contributed by atoms with van der Waals surface area (Å²) in [6.45, 7) is 0. The van der Waals surface area contributed by atoms with E-state index in [9.17, 15) is 4.79 Å². The Morgan fingerprint density at radius 3 is 2.74 bits per heavy atom. The molecule has 19 heavy (non-hydrogen) atoms. The maximum Gasteiger partial charge on any atom is 0.264 e. The van der Waals surface area contributed by atoms with Crippen molar-refractivity contribution in [1.82, 2.24) is 20.3 Å². The molecular formula is C12H9N5O2. The minimum absolute atomic E-state index is 0.224. The van der Waals surface area contributed by atoms with Crippen molar-refractivity contribution in [2.75, 3.05) is 5.73 Å². The number of aromatic nitrogens is 4. The van der Waals surface area contributed by atoms with Crippen molar-refractivity contribution in [2.24, 2.45) is 0 Å². The molecule has 0 bridgehead atoms. The van der Waals surface area contributed by atoms with Gasteiger partial charge in [0, 0.05) is 12.3 Å². The zero-order valence-corrected chi connectivity index (χ0v) is 9.70. The molecule has 3 aromatic rings. The van der Waals surface area contributed by atoms with E-state index < -0.39 is 0 Å². The number of H-pyrrole nitrogens is 1. The number of nitrogens with zero attached hydrogens (tertiary/aromatic N) is 3. The molecule has 3 rings (SSSR count). The van der Waals surface area contributed by atoms with Crippen LogP contribution in [0.2, 0.25) is 0 Å². The quantitative estimate of drug-likeness (QED) is 0.708. The van der Waals surface area contributed by atoms with E-state index in [4.69, 9.17) is 10.3 Å². The van der Waals surface area contributed by atoms with Gasteiger partial charge in [0.05, 0.1) is 11.3 Å². The van der Waals surface area contributed by atoms with E-state index in [2.05, 4.69) is 20.3 Å². The average molecular weight is 255 g/mol. The fourth-order valence-electron chi connectivity index (χ4n) is 1.71. The summed E-state index contributed by atoms with van der Waals surface area (Å²) in [5.41, 5.74) is 7.12. The number of hydrogen-bond donors (Lipinski definition) is 2. The van der Waals surface area contributed by atoms with Crippen LogP contribution in [0.15, 0.2) is 45.8 Å². The van der Waals surface area contributed by atoms with Crippen LogP contribution < -0.4 is 11.3 Å². The monoisotopic (exact) mass is 255 g/mol. The highest BCUT2D eigenvalue weighted by molar-refractivity contribution is 5.83. The van der Waals surface area contributed by atoms with Crippen LogP contribution in [-0.2, 0) is 0 Å². The molecule has 3 N–H and O–H groups in total. The van der Waals surface area contributed by atoms with E-state index in [0.29, 0.717) is 22.7 Å². The lowest BCUT2D eigenvalue weighted by Crippen LogP contribution is -2.05. The van der Waals surface area contributed by atoms with Gasteiger partial charge in [0.15, 0.2) is 11.6 Å². The zero-order chi connectivity index (χ0) is 13.2. The van der Waals surface area contributed by atoms with Crippen molar-refractivity contribution in [1.29, 1.82) is 0 Å². The molecule has 0 aliphatic heterocycles. The number of pyridine rings is 1. The van der Waals surface area contributed by atoms with Crippen LogP contribution in [0.5, 0.6) is 0 Å². The lowest BCUT2D eigenvalue weighted by molar-refractivity contribution is 0.434. The van der Waals surface area contributed by atoms with Crippen molar-refractivity contribution >= 4 is 5.82 Å². The second-order valence-electron chi connectivity index (χ2n) is 3.79. The molecule has 0 saturated heterocycles. The van der Waals surface area contributed by atoms with Crippen LogP contribution >= 0.6 is 0 Å². The minimum Gasteiger partial charge on any atom is -0.380 e. The van der Waals surface area contributed by atoms with E-state index in [1.807, 2.05) is 6.07 Å². The molecule has 0 radical (unpaired) electrons. The van der Waals surface area contributed by atoms with Gasteiger partial charge in [-0.1, -0.05) is 11.2 Å². The van der Waals surface area contributed by atoms with Crippen LogP contribution in [0.3, 0.4) is 0 Å². The van der Waals surface area contributed by atoms with Gasteiger partial charge in [-0.15, -0.1) is 0 Å². The third-order valence-corrected chi connectivity index (χ3v) is 2.55. The SMILES string of the molecule is Nc1noc(-c2ccc(=O)[nH]n2)c1-c1ccccn1. The Bertz CT molecular complexity index is 743. The highest BCUT2D eigenvalue weighted by Gasteiger charge is 2.19. The molecule has 3 aromatic heterocycles. The summed E-state index contributed by atoms with van der Waals surface area (Å²) in [7, 11) is 0. The molecule has 94 valence electrons. The molecule has 0 atom stereocenters. The van der Waals surface area contributed by atoms with Crippen molar-refractivity contribution in [3.63, 3.8) is 0 Å². The molecule has 0 saturated carbocycles. The molecule has 0 unspecified atom stereocenters. The first-order chi connectivity index (χ1) is 9.25. The van der Waals surface area contributed by atoms with Gasteiger partial charge in [0.1, 0.15) is 5.69 Å². The maximum atomic E-state index is 11.0. The van der Waals surface area contributed by atoms with Gasteiger partial charge in [-0.2, -0.15) is 5.10 Å². The Morgan fingerprint density at radius 2 is 2.05 bits per heavy atom. The smallest absolute Gasteiger partial charge is 0.264 e. The second kappa shape index (κ2) is 4.37. The molecule has 3 heterocycles. The van der Waals surface area contributed by atoms with Gasteiger partial charge in [-0.3, -0.25) is 9.78 Å². The lowest BCUT2D eigenvalue weighted by atomic mass is 10.1. The lowest BCUT2D eigenvalue weighted by Gasteiger charge is -2.00. The molecule has 0 aliphatic rings. The Labute approximate surface area is 107 Å². The fourth-order valence-corrected chi connectivity index (χ4v) is 1.71. The minimum atomic E-state index is -0.296. The Morgan fingerprint density at radius 1 is 1.16 bits per heavy atom. The summed E-state index contributed by atoms with van der Waals surface area (Å²) in [6, 6.07) is 8.30. The fraction of sp³-hybridized carbons (Fsp3) is 0. The Hall–Kier alpha value is -2.96. The predicted molar refractivity (Wildman–Crippen MR) is 68.0 cm³/mol. The largest absolute Gasteiger partial charge is 0.380 e. The highest BCUT2D eigenvalue weighted by Crippen LogP contribution is 2.33. The van der Waals surface area contributed by atoms with Crippen LogP contribution in [0, 0.1) is 0 Å². The molecule has 0 amide bonds. The molecule has 0 fully saturated rings.